The second-order valence-electron chi connectivity index (χ2n) is 7.79. The Labute approximate surface area is 191 Å². The van der Waals surface area contributed by atoms with Gasteiger partial charge in [-0.1, -0.05) is 60.7 Å². The molecule has 0 amide bonds. The number of halogens is 2. The van der Waals surface area contributed by atoms with Gasteiger partial charge in [0.1, 0.15) is 0 Å². The van der Waals surface area contributed by atoms with E-state index in [4.69, 9.17) is 18.5 Å². The first-order chi connectivity index (χ1) is 15.7. The van der Waals surface area contributed by atoms with Crippen molar-refractivity contribution in [2.75, 3.05) is 13.2 Å². The molecule has 10 heteroatoms. The Hall–Kier alpha value is -1.71. The summed E-state index contributed by atoms with van der Waals surface area (Å²) < 4.78 is 64.8. The summed E-state index contributed by atoms with van der Waals surface area (Å²) in [5.74, 6) is -3.70. The van der Waals surface area contributed by atoms with Crippen LogP contribution < -0.4 is 0 Å². The van der Waals surface area contributed by atoms with Crippen molar-refractivity contribution in [3.8, 4) is 0 Å². The van der Waals surface area contributed by atoms with Crippen LogP contribution in [0.25, 0.3) is 0 Å². The van der Waals surface area contributed by atoms with Gasteiger partial charge in [-0.3, -0.25) is 13.6 Å². The van der Waals surface area contributed by atoms with Crippen molar-refractivity contribution in [1.29, 1.82) is 0 Å². The molecule has 0 saturated carbocycles. The van der Waals surface area contributed by atoms with E-state index in [0.717, 1.165) is 12.8 Å². The molecule has 3 rings (SSSR count). The lowest BCUT2D eigenvalue weighted by atomic mass is 10.2. The van der Waals surface area contributed by atoms with Crippen LogP contribution in [-0.4, -0.2) is 41.2 Å². The van der Waals surface area contributed by atoms with Crippen molar-refractivity contribution >= 4 is 7.60 Å². The lowest BCUT2D eigenvalue weighted by molar-refractivity contribution is -0.279. The maximum Gasteiger partial charge on any atom is 0.406 e. The summed E-state index contributed by atoms with van der Waals surface area (Å²) in [6, 6.07) is 16.5. The normalized spacial score (nSPS) is 17.8. The highest BCUT2D eigenvalue weighted by molar-refractivity contribution is 7.55. The molecule has 0 spiro atoms. The molecule has 1 aliphatic rings. The Bertz CT molecular complexity index is 843. The molecule has 2 N–H and O–H groups in total. The second-order valence-corrected chi connectivity index (χ2v) is 9.86. The number of hydrogen-bond donors (Lipinski definition) is 2. The molecule has 1 aliphatic heterocycles. The summed E-state index contributed by atoms with van der Waals surface area (Å²) in [7, 11) is -5.37. The highest BCUT2D eigenvalue weighted by Gasteiger charge is 2.67. The molecule has 2 aromatic carbocycles. The highest BCUT2D eigenvalue weighted by atomic mass is 31.2. The van der Waals surface area contributed by atoms with Crippen LogP contribution in [0.4, 0.5) is 8.78 Å². The molecule has 1 unspecified atom stereocenters. The topological polar surface area (TPSA) is 94.5 Å². The standard InChI is InChI=1S/C23H29F2O7P/c24-23(25,22(26,27)14-16-30-21-13-7-8-15-29-21)33(28,31-17-19-9-3-1-4-10-19)32-18-20-11-5-2-6-12-20/h1-6,9-12,21,26-27H,7-8,13-18H2. The Balaban J connectivity index is 1.72. The van der Waals surface area contributed by atoms with E-state index in [9.17, 15) is 14.8 Å². The lowest BCUT2D eigenvalue weighted by Gasteiger charge is -2.35. The zero-order valence-electron chi connectivity index (χ0n) is 18.1. The van der Waals surface area contributed by atoms with Gasteiger partial charge in [-0.25, -0.2) is 0 Å². The van der Waals surface area contributed by atoms with Gasteiger partial charge < -0.3 is 19.7 Å². The molecule has 2 aromatic rings. The molecule has 0 aromatic heterocycles. The van der Waals surface area contributed by atoms with E-state index in [1.54, 1.807) is 60.7 Å². The predicted molar refractivity (Wildman–Crippen MR) is 116 cm³/mol. The minimum atomic E-state index is -5.37. The van der Waals surface area contributed by atoms with E-state index in [1.807, 2.05) is 0 Å². The van der Waals surface area contributed by atoms with Crippen molar-refractivity contribution in [3.05, 3.63) is 71.8 Å². The van der Waals surface area contributed by atoms with Crippen molar-refractivity contribution in [2.45, 2.75) is 56.6 Å². The van der Waals surface area contributed by atoms with Crippen molar-refractivity contribution in [2.24, 2.45) is 0 Å². The Morgan fingerprint density at radius 1 is 0.939 bits per heavy atom. The zero-order chi connectivity index (χ0) is 23.8. The maximum absolute atomic E-state index is 15.3. The number of aliphatic hydroxyl groups is 2. The number of ether oxygens (including phenoxy) is 2. The van der Waals surface area contributed by atoms with Gasteiger partial charge in [0.15, 0.2) is 6.29 Å². The molecular weight excluding hydrogens is 457 g/mol. The van der Waals surface area contributed by atoms with Gasteiger partial charge in [0.25, 0.3) is 0 Å². The summed E-state index contributed by atoms with van der Waals surface area (Å²) in [6.07, 6.45) is 0.799. The molecule has 1 atom stereocenters. The fraction of sp³-hybridized carbons (Fsp3) is 0.478. The molecule has 0 radical (unpaired) electrons. The Morgan fingerprint density at radius 2 is 1.48 bits per heavy atom. The summed E-state index contributed by atoms with van der Waals surface area (Å²) in [4.78, 5) is 0. The van der Waals surface area contributed by atoms with Crippen LogP contribution in [-0.2, 0) is 36.3 Å². The maximum atomic E-state index is 15.3. The van der Waals surface area contributed by atoms with Crippen molar-refractivity contribution in [3.63, 3.8) is 0 Å². The van der Waals surface area contributed by atoms with Crippen LogP contribution in [0.2, 0.25) is 0 Å². The lowest BCUT2D eigenvalue weighted by Crippen LogP contribution is -2.49. The van der Waals surface area contributed by atoms with Crippen LogP contribution in [0.5, 0.6) is 0 Å². The molecular formula is C23H29F2O7P. The summed E-state index contributed by atoms with van der Waals surface area (Å²) in [6.45, 7) is -0.888. The van der Waals surface area contributed by atoms with Crippen LogP contribution in [0.1, 0.15) is 36.8 Å². The van der Waals surface area contributed by atoms with Crippen molar-refractivity contribution in [1.82, 2.24) is 0 Å². The van der Waals surface area contributed by atoms with Crippen molar-refractivity contribution < 1.29 is 42.1 Å². The minimum absolute atomic E-state index is 0.440. The fourth-order valence-corrected chi connectivity index (χ4v) is 4.80. The number of rotatable bonds is 12. The Morgan fingerprint density at radius 3 is 1.97 bits per heavy atom. The zero-order valence-corrected chi connectivity index (χ0v) is 19.0. The third kappa shape index (κ3) is 6.90. The van der Waals surface area contributed by atoms with E-state index in [1.165, 1.54) is 0 Å². The average Bonchev–Trinajstić information content (AvgIpc) is 2.83. The summed E-state index contributed by atoms with van der Waals surface area (Å²) in [5.41, 5.74) is -3.70. The van der Waals surface area contributed by atoms with Gasteiger partial charge in [-0.2, -0.15) is 8.78 Å². The number of benzene rings is 2. The highest BCUT2D eigenvalue weighted by Crippen LogP contribution is 2.66. The van der Waals surface area contributed by atoms with Crippen LogP contribution in [0.3, 0.4) is 0 Å². The molecule has 0 bridgehead atoms. The molecule has 33 heavy (non-hydrogen) atoms. The van der Waals surface area contributed by atoms with Gasteiger partial charge >= 0.3 is 13.3 Å². The van der Waals surface area contributed by atoms with E-state index in [-0.39, 0.29) is 0 Å². The van der Waals surface area contributed by atoms with Crippen LogP contribution in [0, 0.1) is 0 Å². The predicted octanol–water partition coefficient (Wildman–Crippen LogP) is 4.82. The molecule has 1 heterocycles. The van der Waals surface area contributed by atoms with Gasteiger partial charge in [0.05, 0.1) is 19.8 Å². The molecule has 1 fully saturated rings. The molecule has 182 valence electrons. The van der Waals surface area contributed by atoms with Crippen LogP contribution in [0.15, 0.2) is 60.7 Å². The van der Waals surface area contributed by atoms with E-state index in [2.05, 4.69) is 0 Å². The van der Waals surface area contributed by atoms with E-state index >= 15 is 8.78 Å². The van der Waals surface area contributed by atoms with E-state index in [0.29, 0.717) is 24.2 Å². The average molecular weight is 486 g/mol. The first kappa shape index (κ1) is 25.9. The summed E-state index contributed by atoms with van der Waals surface area (Å²) in [5, 5.41) is 20.5. The quantitative estimate of drug-likeness (QED) is 0.328. The third-order valence-electron chi connectivity index (χ3n) is 5.21. The summed E-state index contributed by atoms with van der Waals surface area (Å²) >= 11 is 0. The van der Waals surface area contributed by atoms with E-state index < -0.39 is 51.6 Å². The molecule has 7 nitrogen and oxygen atoms in total. The van der Waals surface area contributed by atoms with Gasteiger partial charge in [0.2, 0.25) is 5.79 Å². The third-order valence-corrected chi connectivity index (χ3v) is 7.19. The number of hydrogen-bond acceptors (Lipinski definition) is 7. The molecule has 0 aliphatic carbocycles. The SMILES string of the molecule is O=P(OCc1ccccc1)(OCc1ccccc1)C(F)(F)C(O)(O)CCOC1CCCCO1. The smallest absolute Gasteiger partial charge is 0.360 e. The van der Waals surface area contributed by atoms with Gasteiger partial charge in [0, 0.05) is 13.0 Å². The Kier molecular flexibility index (Phi) is 9.12. The second kappa shape index (κ2) is 11.6. The fourth-order valence-electron chi connectivity index (χ4n) is 3.21. The molecule has 1 saturated heterocycles. The van der Waals surface area contributed by atoms with Gasteiger partial charge in [-0.15, -0.1) is 0 Å². The first-order valence-corrected chi connectivity index (χ1v) is 12.3. The monoisotopic (exact) mass is 486 g/mol. The number of alkyl halides is 2. The first-order valence-electron chi connectivity index (χ1n) is 10.8. The van der Waals surface area contributed by atoms with Crippen LogP contribution >= 0.6 is 7.60 Å². The largest absolute Gasteiger partial charge is 0.406 e. The van der Waals surface area contributed by atoms with Gasteiger partial charge in [-0.05, 0) is 30.4 Å². The minimum Gasteiger partial charge on any atom is -0.360 e.